The number of hydrogen-bond acceptors (Lipinski definition) is 6. The molecule has 0 aromatic carbocycles. The van der Waals surface area contributed by atoms with Crippen molar-refractivity contribution in [3.05, 3.63) is 0 Å². The summed E-state index contributed by atoms with van der Waals surface area (Å²) in [5, 5.41) is 0.353. The SMILES string of the molecule is CC(=O)OC[C@@H]1[C@@H]([C@@]2(C)CC[C@H](O[Si](C)(C)C(C)(C)C)C[C@@H]2CO[Si](C)(C)C(C)(C)C)CC[C@@]2(C)[C@H]1CCC21OCCO1. The van der Waals surface area contributed by atoms with Crippen molar-refractivity contribution >= 4 is 22.6 Å². The summed E-state index contributed by atoms with van der Waals surface area (Å²) in [5.74, 6) is 0.882. The summed E-state index contributed by atoms with van der Waals surface area (Å²) in [6, 6.07) is 0. The molecular weight excluding hydrogens is 573 g/mol. The van der Waals surface area contributed by atoms with Gasteiger partial charge in [-0.3, -0.25) is 4.79 Å². The van der Waals surface area contributed by atoms with Crippen LogP contribution in [-0.2, 0) is 27.9 Å². The minimum absolute atomic E-state index is 0.0586. The molecule has 0 aromatic heterocycles. The van der Waals surface area contributed by atoms with Crippen molar-refractivity contribution in [1.82, 2.24) is 0 Å². The van der Waals surface area contributed by atoms with E-state index in [0.29, 0.717) is 37.6 Å². The van der Waals surface area contributed by atoms with E-state index in [1.165, 1.54) is 0 Å². The normalized spacial score (nSPS) is 37.0. The summed E-state index contributed by atoms with van der Waals surface area (Å²) in [6.07, 6.45) is 7.74. The van der Waals surface area contributed by atoms with Crippen molar-refractivity contribution in [2.75, 3.05) is 26.4 Å². The number of ether oxygens (including phenoxy) is 3. The van der Waals surface area contributed by atoms with Crippen LogP contribution < -0.4 is 0 Å². The zero-order valence-corrected chi connectivity index (χ0v) is 32.1. The molecule has 3 aliphatic carbocycles. The van der Waals surface area contributed by atoms with Crippen LogP contribution in [0, 0.1) is 34.5 Å². The van der Waals surface area contributed by atoms with Crippen molar-refractivity contribution in [2.45, 2.75) is 155 Å². The zero-order valence-electron chi connectivity index (χ0n) is 30.1. The number of esters is 1. The van der Waals surface area contributed by atoms with E-state index in [1.807, 2.05) is 0 Å². The van der Waals surface area contributed by atoms with E-state index in [-0.39, 0.29) is 38.9 Å². The first kappa shape index (κ1) is 35.6. The third-order valence-corrected chi connectivity index (χ3v) is 22.8. The molecule has 1 spiro atoms. The van der Waals surface area contributed by atoms with Gasteiger partial charge in [0.05, 0.1) is 19.8 Å². The minimum atomic E-state index is -1.94. The Hall–Kier alpha value is -0.256. The summed E-state index contributed by atoms with van der Waals surface area (Å²) in [6.45, 7) is 32.7. The van der Waals surface area contributed by atoms with E-state index in [9.17, 15) is 4.79 Å². The molecule has 43 heavy (non-hydrogen) atoms. The van der Waals surface area contributed by atoms with E-state index in [2.05, 4.69) is 81.6 Å². The second-order valence-corrected chi connectivity index (χ2v) is 27.7. The molecule has 8 heteroatoms. The monoisotopic (exact) mass is 638 g/mol. The van der Waals surface area contributed by atoms with Gasteiger partial charge in [0.15, 0.2) is 22.4 Å². The lowest BCUT2D eigenvalue weighted by Gasteiger charge is -2.58. The maximum absolute atomic E-state index is 12.2. The van der Waals surface area contributed by atoms with E-state index >= 15 is 0 Å². The van der Waals surface area contributed by atoms with E-state index in [1.54, 1.807) is 6.92 Å². The molecule has 0 amide bonds. The average molecular weight is 639 g/mol. The van der Waals surface area contributed by atoms with Crippen LogP contribution in [0.15, 0.2) is 0 Å². The fourth-order valence-electron chi connectivity index (χ4n) is 8.79. The Morgan fingerprint density at radius 1 is 0.814 bits per heavy atom. The lowest BCUT2D eigenvalue weighted by atomic mass is 9.49. The molecule has 3 saturated carbocycles. The first-order valence-corrected chi connectivity index (χ1v) is 23.1. The maximum Gasteiger partial charge on any atom is 0.302 e. The number of carbonyl (C=O) groups excluding carboxylic acids is 1. The highest BCUT2D eigenvalue weighted by Crippen LogP contribution is 2.67. The van der Waals surface area contributed by atoms with Gasteiger partial charge in [-0.05, 0) is 104 Å². The van der Waals surface area contributed by atoms with Crippen molar-refractivity contribution in [3.8, 4) is 0 Å². The number of carbonyl (C=O) groups is 1. The highest BCUT2D eigenvalue weighted by Gasteiger charge is 2.67. The molecule has 4 fully saturated rings. The smallest absolute Gasteiger partial charge is 0.302 e. The predicted molar refractivity (Wildman–Crippen MR) is 179 cm³/mol. The molecule has 1 heterocycles. The third-order valence-electron chi connectivity index (χ3n) is 13.8. The second-order valence-electron chi connectivity index (χ2n) is 18.2. The van der Waals surface area contributed by atoms with Crippen LogP contribution in [0.3, 0.4) is 0 Å². The average Bonchev–Trinajstić information content (AvgIpc) is 3.47. The van der Waals surface area contributed by atoms with Crippen LogP contribution in [0.5, 0.6) is 0 Å². The zero-order chi connectivity index (χ0) is 32.3. The molecule has 7 atom stereocenters. The predicted octanol–water partition coefficient (Wildman–Crippen LogP) is 8.95. The molecule has 250 valence electrons. The van der Waals surface area contributed by atoms with E-state index in [0.717, 1.165) is 51.6 Å². The summed E-state index contributed by atoms with van der Waals surface area (Å²) in [4.78, 5) is 12.2. The number of fused-ring (bicyclic) bond motifs is 2. The highest BCUT2D eigenvalue weighted by atomic mass is 28.4. The van der Waals surface area contributed by atoms with Crippen molar-refractivity contribution in [3.63, 3.8) is 0 Å². The van der Waals surface area contributed by atoms with Crippen molar-refractivity contribution in [2.24, 2.45) is 34.5 Å². The largest absolute Gasteiger partial charge is 0.466 e. The first-order chi connectivity index (χ1) is 19.6. The van der Waals surface area contributed by atoms with Crippen molar-refractivity contribution < 1.29 is 27.9 Å². The Kier molecular flexibility index (Phi) is 10.00. The Balaban J connectivity index is 1.66. The highest BCUT2D eigenvalue weighted by molar-refractivity contribution is 6.74. The molecule has 0 aromatic rings. The van der Waals surface area contributed by atoms with Gasteiger partial charge in [0.25, 0.3) is 0 Å². The molecule has 0 unspecified atom stereocenters. The molecule has 6 nitrogen and oxygen atoms in total. The minimum Gasteiger partial charge on any atom is -0.466 e. The molecule has 0 bridgehead atoms. The van der Waals surface area contributed by atoms with Crippen LogP contribution in [0.2, 0.25) is 36.3 Å². The molecule has 0 radical (unpaired) electrons. The van der Waals surface area contributed by atoms with Gasteiger partial charge < -0.3 is 23.1 Å². The van der Waals surface area contributed by atoms with Gasteiger partial charge in [-0.1, -0.05) is 55.4 Å². The first-order valence-electron chi connectivity index (χ1n) is 17.3. The Morgan fingerprint density at radius 3 is 1.95 bits per heavy atom. The fourth-order valence-corrected chi connectivity index (χ4v) is 11.2. The topological polar surface area (TPSA) is 63.2 Å². The number of rotatable bonds is 8. The van der Waals surface area contributed by atoms with Crippen molar-refractivity contribution in [1.29, 1.82) is 0 Å². The second kappa shape index (κ2) is 12.1. The van der Waals surface area contributed by atoms with Gasteiger partial charge in [-0.25, -0.2) is 0 Å². The van der Waals surface area contributed by atoms with Crippen LogP contribution in [0.1, 0.15) is 107 Å². The summed E-state index contributed by atoms with van der Waals surface area (Å²) in [5.41, 5.74) is 0.0197. The summed E-state index contributed by atoms with van der Waals surface area (Å²) < 4.78 is 32.9. The molecule has 1 aliphatic heterocycles. The Morgan fingerprint density at radius 2 is 1.40 bits per heavy atom. The molecule has 1 saturated heterocycles. The van der Waals surface area contributed by atoms with Gasteiger partial charge in [0.1, 0.15) is 0 Å². The molecular formula is C35H66O6Si2. The number of hydrogen-bond donors (Lipinski definition) is 0. The molecule has 4 aliphatic rings. The lowest BCUT2D eigenvalue weighted by molar-refractivity contribution is -0.246. The van der Waals surface area contributed by atoms with Crippen LogP contribution in [0.4, 0.5) is 0 Å². The van der Waals surface area contributed by atoms with Gasteiger partial charge in [0, 0.05) is 31.5 Å². The quantitative estimate of drug-likeness (QED) is 0.195. The van der Waals surface area contributed by atoms with Gasteiger partial charge in [-0.15, -0.1) is 0 Å². The molecule has 0 N–H and O–H groups in total. The summed E-state index contributed by atoms with van der Waals surface area (Å²) >= 11 is 0. The Bertz CT molecular complexity index is 993. The van der Waals surface area contributed by atoms with Gasteiger partial charge in [-0.2, -0.15) is 0 Å². The lowest BCUT2D eigenvalue weighted by Crippen LogP contribution is -2.57. The maximum atomic E-state index is 12.2. The Labute approximate surface area is 266 Å². The van der Waals surface area contributed by atoms with Crippen LogP contribution in [-0.4, -0.2) is 60.9 Å². The third kappa shape index (κ3) is 6.63. The van der Waals surface area contributed by atoms with Gasteiger partial charge >= 0.3 is 5.97 Å². The summed E-state index contributed by atoms with van der Waals surface area (Å²) in [7, 11) is -3.84. The van der Waals surface area contributed by atoms with E-state index < -0.39 is 22.4 Å². The standard InChI is InChI=1S/C35H66O6Si2/c1-25(36)37-24-28-29(15-18-34(9)30(28)16-19-35(34)38-20-21-39-35)33(8)17-14-27(41-43(12,13)32(5,6)7)22-26(33)23-40-42(10,11)31(2,3)4/h26-30H,14-24H2,1-13H3/t26-,27+,28-,29+,30+,33+,34+/m1/s1. The fraction of sp³-hybridized carbons (Fsp3) is 0.971. The van der Waals surface area contributed by atoms with E-state index in [4.69, 9.17) is 23.1 Å². The van der Waals surface area contributed by atoms with Gasteiger partial charge in [0.2, 0.25) is 0 Å². The molecule has 4 rings (SSSR count). The van der Waals surface area contributed by atoms with Crippen LogP contribution in [0.25, 0.3) is 0 Å². The van der Waals surface area contributed by atoms with Crippen LogP contribution >= 0.6 is 0 Å².